The number of fused-ring (bicyclic) bond motifs is 1. The van der Waals surface area contributed by atoms with Gasteiger partial charge >= 0.3 is 12.1 Å². The molecule has 2 heterocycles. The summed E-state index contributed by atoms with van der Waals surface area (Å²) in [5, 5.41) is 7.08. The molecule has 10 heteroatoms. The van der Waals surface area contributed by atoms with Gasteiger partial charge in [0.2, 0.25) is 11.4 Å². The molecule has 0 spiro atoms. The number of para-hydroxylation sites is 1. The SMILES string of the molecule is COC(=O)c1nn(-c2ccccc2)c2c1[C@](c1ccccc1)(C(F)(F)F)N=C(Nc1ccc(C)cc1)O2. The van der Waals surface area contributed by atoms with Gasteiger partial charge in [0.1, 0.15) is 0 Å². The molecule has 0 fully saturated rings. The predicted molar refractivity (Wildman–Crippen MR) is 131 cm³/mol. The van der Waals surface area contributed by atoms with E-state index in [2.05, 4.69) is 15.4 Å². The van der Waals surface area contributed by atoms with Crippen molar-refractivity contribution in [2.24, 2.45) is 4.99 Å². The Balaban J connectivity index is 1.83. The first kappa shape index (κ1) is 24.1. The van der Waals surface area contributed by atoms with Crippen LogP contribution in [0, 0.1) is 6.92 Å². The average Bonchev–Trinajstić information content (AvgIpc) is 3.29. The highest BCUT2D eigenvalue weighted by molar-refractivity contribution is 5.96. The molecule has 188 valence electrons. The number of aromatic nitrogens is 2. The number of nitrogens with zero attached hydrogens (tertiary/aromatic N) is 3. The maximum Gasteiger partial charge on any atom is 0.422 e. The van der Waals surface area contributed by atoms with Crippen molar-refractivity contribution in [3.8, 4) is 11.6 Å². The van der Waals surface area contributed by atoms with Crippen molar-refractivity contribution >= 4 is 17.7 Å². The largest absolute Gasteiger partial charge is 0.464 e. The fraction of sp³-hybridized carbons (Fsp3) is 0.148. The summed E-state index contributed by atoms with van der Waals surface area (Å²) in [6.07, 6.45) is -5.00. The summed E-state index contributed by atoms with van der Waals surface area (Å²) in [5.74, 6) is -1.36. The number of esters is 1. The Morgan fingerprint density at radius 3 is 2.19 bits per heavy atom. The number of carbonyl (C=O) groups excluding carboxylic acids is 1. The van der Waals surface area contributed by atoms with Gasteiger partial charge in [0.15, 0.2) is 5.69 Å². The molecule has 0 bridgehead atoms. The van der Waals surface area contributed by atoms with Crippen LogP contribution in [0.1, 0.15) is 27.2 Å². The van der Waals surface area contributed by atoms with Crippen molar-refractivity contribution in [3.05, 3.63) is 107 Å². The van der Waals surface area contributed by atoms with E-state index in [4.69, 9.17) is 9.47 Å². The monoisotopic (exact) mass is 506 g/mol. The van der Waals surface area contributed by atoms with Crippen LogP contribution in [0.25, 0.3) is 5.69 Å². The van der Waals surface area contributed by atoms with E-state index in [-0.39, 0.29) is 11.4 Å². The maximum atomic E-state index is 15.3. The van der Waals surface area contributed by atoms with Gasteiger partial charge in [-0.05, 0) is 36.8 Å². The minimum atomic E-state index is -5.00. The number of rotatable bonds is 4. The number of aliphatic imine (C=N–C) groups is 1. The van der Waals surface area contributed by atoms with Gasteiger partial charge in [-0.1, -0.05) is 66.2 Å². The van der Waals surface area contributed by atoms with E-state index < -0.39 is 35.0 Å². The van der Waals surface area contributed by atoms with E-state index in [9.17, 15) is 4.79 Å². The zero-order valence-corrected chi connectivity index (χ0v) is 19.8. The van der Waals surface area contributed by atoms with Gasteiger partial charge in [0, 0.05) is 5.69 Å². The van der Waals surface area contributed by atoms with Gasteiger partial charge in [0.25, 0.3) is 6.02 Å². The van der Waals surface area contributed by atoms with Crippen LogP contribution in [-0.4, -0.2) is 35.1 Å². The molecule has 7 nitrogen and oxygen atoms in total. The standard InChI is InChI=1S/C27H21F3N4O3/c1-17-13-15-19(16-14-17)31-25-32-26(27(28,29)30,18-9-5-3-6-10-18)21-22(24(35)36-2)33-34(23(21)37-25)20-11-7-4-8-12-20/h3-16H,1-2H3,(H,31,32)/t26-/m1/s1. The van der Waals surface area contributed by atoms with Crippen LogP contribution in [0.2, 0.25) is 0 Å². The highest BCUT2D eigenvalue weighted by Gasteiger charge is 2.64. The van der Waals surface area contributed by atoms with Crippen molar-refractivity contribution in [2.75, 3.05) is 12.4 Å². The second-order valence-corrected chi connectivity index (χ2v) is 8.35. The molecular weight excluding hydrogens is 485 g/mol. The fourth-order valence-corrected chi connectivity index (χ4v) is 4.20. The second-order valence-electron chi connectivity index (χ2n) is 8.35. The number of methoxy groups -OCH3 is 1. The van der Waals surface area contributed by atoms with Gasteiger partial charge in [-0.15, -0.1) is 0 Å². The van der Waals surface area contributed by atoms with Gasteiger partial charge in [-0.2, -0.15) is 23.0 Å². The number of halogens is 3. The van der Waals surface area contributed by atoms with Crippen LogP contribution in [0.4, 0.5) is 18.9 Å². The van der Waals surface area contributed by atoms with Gasteiger partial charge in [0.05, 0.1) is 18.4 Å². The average molecular weight is 506 g/mol. The molecule has 1 N–H and O–H groups in total. The Labute approximate surface area is 210 Å². The molecule has 1 aromatic heterocycles. The number of hydrogen-bond acceptors (Lipinski definition) is 6. The highest BCUT2D eigenvalue weighted by Crippen LogP contribution is 2.54. The molecule has 0 amide bonds. The number of hydrogen-bond donors (Lipinski definition) is 1. The zero-order chi connectivity index (χ0) is 26.2. The summed E-state index contributed by atoms with van der Waals surface area (Å²) < 4.78 is 57.8. The first-order valence-electron chi connectivity index (χ1n) is 11.3. The molecule has 1 aliphatic heterocycles. The molecule has 0 saturated heterocycles. The van der Waals surface area contributed by atoms with Crippen LogP contribution < -0.4 is 10.1 Å². The normalized spacial score (nSPS) is 16.8. The fourth-order valence-electron chi connectivity index (χ4n) is 4.20. The van der Waals surface area contributed by atoms with E-state index in [0.29, 0.717) is 11.4 Å². The molecule has 3 aromatic carbocycles. The van der Waals surface area contributed by atoms with Gasteiger partial charge < -0.3 is 14.8 Å². The summed E-state index contributed by atoms with van der Waals surface area (Å²) in [4.78, 5) is 16.9. The number of ether oxygens (including phenoxy) is 2. The number of carbonyl (C=O) groups is 1. The third-order valence-corrected chi connectivity index (χ3v) is 5.95. The Morgan fingerprint density at radius 2 is 1.59 bits per heavy atom. The minimum absolute atomic E-state index is 0.215. The highest BCUT2D eigenvalue weighted by atomic mass is 19.4. The molecule has 37 heavy (non-hydrogen) atoms. The topological polar surface area (TPSA) is 77.7 Å². The van der Waals surface area contributed by atoms with Crippen LogP contribution in [-0.2, 0) is 10.3 Å². The molecule has 1 aliphatic rings. The summed E-state index contributed by atoms with van der Waals surface area (Å²) in [6.45, 7) is 1.89. The number of nitrogens with one attached hydrogen (secondary N) is 1. The predicted octanol–water partition coefficient (Wildman–Crippen LogP) is 5.63. The lowest BCUT2D eigenvalue weighted by molar-refractivity contribution is -0.177. The third-order valence-electron chi connectivity index (χ3n) is 5.95. The minimum Gasteiger partial charge on any atom is -0.464 e. The van der Waals surface area contributed by atoms with Gasteiger partial charge in [-0.3, -0.25) is 0 Å². The van der Waals surface area contributed by atoms with E-state index in [1.54, 1.807) is 60.7 Å². The Bertz CT molecular complexity index is 1470. The molecule has 0 saturated carbocycles. The molecule has 4 aromatic rings. The van der Waals surface area contributed by atoms with E-state index in [1.807, 2.05) is 6.92 Å². The van der Waals surface area contributed by atoms with Crippen molar-refractivity contribution in [2.45, 2.75) is 18.6 Å². The van der Waals surface area contributed by atoms with Gasteiger partial charge in [-0.25, -0.2) is 9.79 Å². The third kappa shape index (κ3) is 4.10. The number of alkyl halides is 3. The maximum absolute atomic E-state index is 15.3. The van der Waals surface area contributed by atoms with Crippen molar-refractivity contribution in [1.82, 2.24) is 9.78 Å². The summed E-state index contributed by atoms with van der Waals surface area (Å²) in [5.41, 5.74) is -2.53. The number of aryl methyl sites for hydroxylation is 1. The van der Waals surface area contributed by atoms with Crippen LogP contribution >= 0.6 is 0 Å². The van der Waals surface area contributed by atoms with Crippen molar-refractivity contribution < 1.29 is 27.4 Å². The molecular formula is C27H21F3N4O3. The summed E-state index contributed by atoms with van der Waals surface area (Å²) >= 11 is 0. The van der Waals surface area contributed by atoms with Crippen molar-refractivity contribution in [1.29, 1.82) is 0 Å². The summed E-state index contributed by atoms with van der Waals surface area (Å²) in [6, 6.07) is 22.1. The lowest BCUT2D eigenvalue weighted by atomic mass is 9.81. The first-order chi connectivity index (χ1) is 17.7. The number of amidine groups is 1. The Morgan fingerprint density at radius 1 is 0.973 bits per heavy atom. The molecule has 1 atom stereocenters. The summed E-state index contributed by atoms with van der Waals surface area (Å²) in [7, 11) is 1.07. The van der Waals surface area contributed by atoms with Crippen molar-refractivity contribution in [3.63, 3.8) is 0 Å². The molecule has 0 radical (unpaired) electrons. The lowest BCUT2D eigenvalue weighted by Gasteiger charge is -2.36. The molecule has 0 unspecified atom stereocenters. The molecule has 0 aliphatic carbocycles. The number of benzene rings is 3. The number of anilines is 1. The Hall–Kier alpha value is -4.60. The lowest BCUT2D eigenvalue weighted by Crippen LogP contribution is -2.47. The van der Waals surface area contributed by atoms with Crippen LogP contribution in [0.15, 0.2) is 89.9 Å². The van der Waals surface area contributed by atoms with E-state index in [1.165, 1.54) is 24.3 Å². The second kappa shape index (κ2) is 9.12. The Kier molecular flexibility index (Phi) is 5.94. The molecule has 5 rings (SSSR count). The van der Waals surface area contributed by atoms with Crippen LogP contribution in [0.3, 0.4) is 0 Å². The first-order valence-corrected chi connectivity index (χ1v) is 11.3. The zero-order valence-electron chi connectivity index (χ0n) is 19.8. The quantitative estimate of drug-likeness (QED) is 0.363. The van der Waals surface area contributed by atoms with E-state index >= 15 is 13.2 Å². The smallest absolute Gasteiger partial charge is 0.422 e. The van der Waals surface area contributed by atoms with E-state index in [0.717, 1.165) is 17.4 Å². The van der Waals surface area contributed by atoms with Crippen LogP contribution in [0.5, 0.6) is 5.88 Å².